The Bertz CT molecular complexity index is 1020. The molecule has 1 fully saturated rings. The Kier molecular flexibility index (Phi) is 6.14. The van der Waals surface area contributed by atoms with Gasteiger partial charge in [0.15, 0.2) is 6.61 Å². The van der Waals surface area contributed by atoms with Crippen molar-refractivity contribution < 1.29 is 17.9 Å². The fraction of sp³-hybridized carbons (Fsp3) is 0.350. The number of piperazine rings is 1. The molecule has 2 aromatic rings. The van der Waals surface area contributed by atoms with Crippen molar-refractivity contribution in [1.82, 2.24) is 9.62 Å². The van der Waals surface area contributed by atoms with Crippen LogP contribution in [0.4, 0.5) is 11.4 Å². The fourth-order valence-electron chi connectivity index (χ4n) is 3.57. The van der Waals surface area contributed by atoms with Gasteiger partial charge in [-0.1, -0.05) is 29.8 Å². The van der Waals surface area contributed by atoms with Gasteiger partial charge in [0.2, 0.25) is 10.0 Å². The van der Waals surface area contributed by atoms with Crippen LogP contribution in [0.3, 0.4) is 0 Å². The van der Waals surface area contributed by atoms with E-state index in [0.717, 1.165) is 26.2 Å². The molecule has 2 aliphatic rings. The van der Waals surface area contributed by atoms with Crippen molar-refractivity contribution in [3.8, 4) is 5.75 Å². The molecule has 0 radical (unpaired) electrons. The van der Waals surface area contributed by atoms with Gasteiger partial charge in [0.05, 0.1) is 10.7 Å². The van der Waals surface area contributed by atoms with Crippen LogP contribution in [0.15, 0.2) is 47.4 Å². The summed E-state index contributed by atoms with van der Waals surface area (Å²) in [6, 6.07) is 13.0. The molecule has 1 saturated heterocycles. The first-order valence-electron chi connectivity index (χ1n) is 9.70. The van der Waals surface area contributed by atoms with Crippen molar-refractivity contribution in [3.63, 3.8) is 0 Å². The molecule has 2 N–H and O–H groups in total. The lowest BCUT2D eigenvalue weighted by molar-refractivity contribution is -0.118. The molecular formula is C20H23ClN4O4S. The number of halogens is 1. The van der Waals surface area contributed by atoms with E-state index in [1.807, 2.05) is 18.2 Å². The van der Waals surface area contributed by atoms with E-state index in [-0.39, 0.29) is 34.7 Å². The van der Waals surface area contributed by atoms with Crippen LogP contribution in [0.1, 0.15) is 0 Å². The first-order chi connectivity index (χ1) is 14.4. The number of nitrogens with one attached hydrogen (secondary N) is 2. The largest absolute Gasteiger partial charge is 0.482 e. The summed E-state index contributed by atoms with van der Waals surface area (Å²) < 4.78 is 33.3. The zero-order valence-electron chi connectivity index (χ0n) is 16.3. The number of hydrogen-bond acceptors (Lipinski definition) is 6. The number of hydrogen-bond donors (Lipinski definition) is 2. The van der Waals surface area contributed by atoms with Crippen LogP contribution in [0.25, 0.3) is 0 Å². The second-order valence-corrected chi connectivity index (χ2v) is 9.32. The van der Waals surface area contributed by atoms with Gasteiger partial charge in [-0.25, -0.2) is 13.1 Å². The molecule has 0 bridgehead atoms. The zero-order valence-corrected chi connectivity index (χ0v) is 17.9. The number of anilines is 2. The second-order valence-electron chi connectivity index (χ2n) is 7.18. The third-order valence-corrected chi connectivity index (χ3v) is 7.10. The minimum Gasteiger partial charge on any atom is -0.482 e. The quantitative estimate of drug-likeness (QED) is 0.697. The first kappa shape index (κ1) is 20.9. The van der Waals surface area contributed by atoms with Crippen LogP contribution < -0.4 is 19.7 Å². The van der Waals surface area contributed by atoms with E-state index in [9.17, 15) is 13.2 Å². The molecule has 0 aliphatic carbocycles. The molecule has 1 amide bonds. The third-order valence-electron chi connectivity index (χ3n) is 5.17. The van der Waals surface area contributed by atoms with Gasteiger partial charge in [-0.15, -0.1) is 0 Å². The minimum atomic E-state index is -3.80. The zero-order chi connectivity index (χ0) is 21.1. The topological polar surface area (TPSA) is 91.0 Å². The van der Waals surface area contributed by atoms with E-state index in [4.69, 9.17) is 16.3 Å². The van der Waals surface area contributed by atoms with Crippen LogP contribution in [0, 0.1) is 0 Å². The van der Waals surface area contributed by atoms with Gasteiger partial charge in [0.1, 0.15) is 10.6 Å². The normalized spacial score (nSPS) is 17.2. The lowest BCUT2D eigenvalue weighted by Crippen LogP contribution is -2.48. The number of ether oxygens (including phenoxy) is 1. The number of rotatable bonds is 6. The number of fused-ring (bicyclic) bond motifs is 1. The third kappa shape index (κ3) is 4.70. The Balaban J connectivity index is 1.32. The van der Waals surface area contributed by atoms with Gasteiger partial charge in [-0.05, 0) is 18.2 Å². The summed E-state index contributed by atoms with van der Waals surface area (Å²) in [5.74, 6) is -0.0175. The summed E-state index contributed by atoms with van der Waals surface area (Å²) >= 11 is 6.15. The van der Waals surface area contributed by atoms with Gasteiger partial charge >= 0.3 is 0 Å². The molecule has 0 aromatic heterocycles. The number of amides is 1. The van der Waals surface area contributed by atoms with Gasteiger partial charge in [-0.2, -0.15) is 0 Å². The molecular weight excluding hydrogens is 428 g/mol. The summed E-state index contributed by atoms with van der Waals surface area (Å²) in [6.45, 7) is 4.26. The predicted octanol–water partition coefficient (Wildman–Crippen LogP) is 1.77. The minimum absolute atomic E-state index is 0.0310. The molecule has 0 unspecified atom stereocenters. The number of sulfonamides is 1. The molecule has 10 heteroatoms. The van der Waals surface area contributed by atoms with Crippen molar-refractivity contribution in [2.75, 3.05) is 56.1 Å². The number of carbonyl (C=O) groups excluding carboxylic acids is 1. The Labute approximate surface area is 180 Å². The monoisotopic (exact) mass is 450 g/mol. The van der Waals surface area contributed by atoms with E-state index >= 15 is 0 Å². The Hall–Kier alpha value is -2.33. The van der Waals surface area contributed by atoms with E-state index < -0.39 is 10.0 Å². The van der Waals surface area contributed by atoms with Crippen molar-refractivity contribution >= 4 is 38.9 Å². The fourth-order valence-corrected chi connectivity index (χ4v) is 5.13. The molecule has 0 saturated carbocycles. The van der Waals surface area contributed by atoms with Gasteiger partial charge in [0, 0.05) is 51.0 Å². The SMILES string of the molecule is O=C1COc2cc(S(=O)(=O)NCCN3CCN(c4ccccc4)CC3)c(Cl)cc2N1. The van der Waals surface area contributed by atoms with Crippen LogP contribution >= 0.6 is 11.6 Å². The summed E-state index contributed by atoms with van der Waals surface area (Å²) in [7, 11) is -3.80. The molecule has 8 nitrogen and oxygen atoms in total. The maximum atomic E-state index is 12.7. The smallest absolute Gasteiger partial charge is 0.262 e. The van der Waals surface area contributed by atoms with E-state index in [1.54, 1.807) is 0 Å². The van der Waals surface area contributed by atoms with E-state index in [2.05, 4.69) is 32.0 Å². The van der Waals surface area contributed by atoms with Crippen LogP contribution in [0.5, 0.6) is 5.75 Å². The molecule has 0 spiro atoms. The highest BCUT2D eigenvalue weighted by atomic mass is 35.5. The van der Waals surface area contributed by atoms with Crippen LogP contribution in [-0.4, -0.2) is 65.1 Å². The average molecular weight is 451 g/mol. The van der Waals surface area contributed by atoms with Crippen LogP contribution in [0.2, 0.25) is 5.02 Å². The van der Waals surface area contributed by atoms with Gasteiger partial charge in [0.25, 0.3) is 5.91 Å². The highest BCUT2D eigenvalue weighted by Gasteiger charge is 2.25. The summed E-state index contributed by atoms with van der Waals surface area (Å²) in [6.07, 6.45) is 0. The number of benzene rings is 2. The lowest BCUT2D eigenvalue weighted by Gasteiger charge is -2.36. The molecule has 0 atom stereocenters. The second kappa shape index (κ2) is 8.81. The van der Waals surface area contributed by atoms with E-state index in [0.29, 0.717) is 12.2 Å². The first-order valence-corrected chi connectivity index (χ1v) is 11.6. The lowest BCUT2D eigenvalue weighted by atomic mass is 10.2. The van der Waals surface area contributed by atoms with Gasteiger partial charge in [-0.3, -0.25) is 9.69 Å². The molecule has 4 rings (SSSR count). The maximum absolute atomic E-state index is 12.7. The van der Waals surface area contributed by atoms with Gasteiger partial charge < -0.3 is 15.0 Å². The Morgan fingerprint density at radius 3 is 2.57 bits per heavy atom. The van der Waals surface area contributed by atoms with Crippen molar-refractivity contribution in [2.45, 2.75) is 4.90 Å². The average Bonchev–Trinajstić information content (AvgIpc) is 2.74. The number of nitrogens with zero attached hydrogens (tertiary/aromatic N) is 2. The molecule has 2 heterocycles. The molecule has 2 aromatic carbocycles. The standard InChI is InChI=1S/C20H23ClN4O4S/c21-16-12-17-18(29-14-20(26)23-17)13-19(16)30(27,28)22-6-7-24-8-10-25(11-9-24)15-4-2-1-3-5-15/h1-5,12-13,22H,6-11,14H2,(H,23,26). The number of carbonyl (C=O) groups is 1. The maximum Gasteiger partial charge on any atom is 0.262 e. The highest BCUT2D eigenvalue weighted by molar-refractivity contribution is 7.89. The summed E-state index contributed by atoms with van der Waals surface area (Å²) in [5.41, 5.74) is 1.57. The Morgan fingerprint density at radius 2 is 1.83 bits per heavy atom. The number of para-hydroxylation sites is 1. The highest BCUT2D eigenvalue weighted by Crippen LogP contribution is 2.35. The molecule has 30 heavy (non-hydrogen) atoms. The van der Waals surface area contributed by atoms with Crippen molar-refractivity contribution in [3.05, 3.63) is 47.5 Å². The van der Waals surface area contributed by atoms with E-state index in [1.165, 1.54) is 17.8 Å². The summed E-state index contributed by atoms with van der Waals surface area (Å²) in [5, 5.41) is 2.64. The summed E-state index contributed by atoms with van der Waals surface area (Å²) in [4.78, 5) is 15.9. The van der Waals surface area contributed by atoms with Crippen molar-refractivity contribution in [2.24, 2.45) is 0 Å². The van der Waals surface area contributed by atoms with Crippen molar-refractivity contribution in [1.29, 1.82) is 0 Å². The Morgan fingerprint density at radius 1 is 1.10 bits per heavy atom. The predicted molar refractivity (Wildman–Crippen MR) is 116 cm³/mol. The molecule has 160 valence electrons. The molecule has 2 aliphatic heterocycles. The van der Waals surface area contributed by atoms with Crippen LogP contribution in [-0.2, 0) is 14.8 Å².